The summed E-state index contributed by atoms with van der Waals surface area (Å²) in [5.74, 6) is 0.518. The van der Waals surface area contributed by atoms with Crippen molar-refractivity contribution in [1.82, 2.24) is 4.90 Å². The summed E-state index contributed by atoms with van der Waals surface area (Å²) in [5.41, 5.74) is 6.80. The first-order valence-corrected chi connectivity index (χ1v) is 7.55. The summed E-state index contributed by atoms with van der Waals surface area (Å²) >= 11 is 0. The summed E-state index contributed by atoms with van der Waals surface area (Å²) in [4.78, 5) is 4.69. The lowest BCUT2D eigenvalue weighted by Crippen LogP contribution is -2.35. The lowest BCUT2D eigenvalue weighted by atomic mass is 9.94. The highest BCUT2D eigenvalue weighted by molar-refractivity contribution is 5.74. The molecule has 2 aromatic rings. The summed E-state index contributed by atoms with van der Waals surface area (Å²) in [7, 11) is 2.16. The fourth-order valence-electron chi connectivity index (χ4n) is 3.75. The van der Waals surface area contributed by atoms with E-state index in [0.29, 0.717) is 12.1 Å². The van der Waals surface area contributed by atoms with E-state index in [2.05, 4.69) is 85.6 Å². The summed E-state index contributed by atoms with van der Waals surface area (Å²) in [5, 5.41) is 0. The number of anilines is 1. The van der Waals surface area contributed by atoms with Crippen molar-refractivity contribution in [2.75, 3.05) is 11.9 Å². The molecule has 2 heteroatoms. The normalized spacial score (nSPS) is 22.6. The smallest absolute Gasteiger partial charge is 0.112 e. The highest BCUT2D eigenvalue weighted by Crippen LogP contribution is 2.45. The first kappa shape index (κ1) is 12.5. The fourth-order valence-corrected chi connectivity index (χ4v) is 3.75. The largest absolute Gasteiger partial charge is 0.358 e. The second-order valence-electron chi connectivity index (χ2n) is 6.16. The maximum Gasteiger partial charge on any atom is 0.112 e. The molecule has 106 valence electrons. The van der Waals surface area contributed by atoms with Crippen LogP contribution in [0.1, 0.15) is 24.0 Å². The molecule has 2 heterocycles. The lowest BCUT2D eigenvalue weighted by molar-refractivity contribution is 0.333. The lowest BCUT2D eigenvalue weighted by Gasteiger charge is -2.26. The van der Waals surface area contributed by atoms with Gasteiger partial charge in [0.2, 0.25) is 0 Å². The molecule has 0 bridgehead atoms. The van der Waals surface area contributed by atoms with Crippen LogP contribution in [0.5, 0.6) is 0 Å². The summed E-state index contributed by atoms with van der Waals surface area (Å²) in [6.45, 7) is 4.51. The van der Waals surface area contributed by atoms with Crippen molar-refractivity contribution in [2.24, 2.45) is 0 Å². The van der Waals surface area contributed by atoms with Gasteiger partial charge in [0.1, 0.15) is 6.17 Å². The molecular formula is C19H20N2. The van der Waals surface area contributed by atoms with E-state index in [-0.39, 0.29) is 0 Å². The zero-order valence-electron chi connectivity index (χ0n) is 12.7. The number of likely N-dealkylation sites (N-methyl/N-ethyl adjacent to an activating group) is 1. The first-order chi connectivity index (χ1) is 10.2. The number of fused-ring (bicyclic) bond motifs is 3. The Bertz CT molecular complexity index is 732. The van der Waals surface area contributed by atoms with Crippen molar-refractivity contribution < 1.29 is 0 Å². The average Bonchev–Trinajstić information content (AvgIpc) is 3.00. The predicted molar refractivity (Wildman–Crippen MR) is 88.2 cm³/mol. The summed E-state index contributed by atoms with van der Waals surface area (Å²) < 4.78 is 0. The molecule has 2 aliphatic rings. The molecule has 2 unspecified atom stereocenters. The zero-order chi connectivity index (χ0) is 14.6. The molecule has 0 N–H and O–H groups in total. The molecule has 0 amide bonds. The van der Waals surface area contributed by atoms with Crippen LogP contribution in [0.4, 0.5) is 5.69 Å². The van der Waals surface area contributed by atoms with Crippen molar-refractivity contribution in [3.8, 4) is 11.1 Å². The Morgan fingerprint density at radius 3 is 2.62 bits per heavy atom. The molecule has 2 nitrogen and oxygen atoms in total. The Balaban J connectivity index is 1.82. The highest BCUT2D eigenvalue weighted by Gasteiger charge is 2.39. The van der Waals surface area contributed by atoms with Gasteiger partial charge in [-0.25, -0.2) is 0 Å². The van der Waals surface area contributed by atoms with Gasteiger partial charge in [-0.15, -0.1) is 0 Å². The third-order valence-electron chi connectivity index (χ3n) is 4.86. The highest BCUT2D eigenvalue weighted by atomic mass is 15.4. The van der Waals surface area contributed by atoms with Crippen LogP contribution in [0.15, 0.2) is 54.9 Å². The van der Waals surface area contributed by atoms with Gasteiger partial charge < -0.3 is 9.80 Å². The number of hydrogen-bond donors (Lipinski definition) is 0. The van der Waals surface area contributed by atoms with Crippen molar-refractivity contribution in [1.29, 1.82) is 0 Å². The molecule has 4 rings (SSSR count). The number of nitrogens with zero attached hydrogens (tertiary/aromatic N) is 2. The number of aryl methyl sites for hydroxylation is 1. The third-order valence-corrected chi connectivity index (χ3v) is 4.86. The van der Waals surface area contributed by atoms with E-state index in [1.165, 1.54) is 27.9 Å². The molecule has 21 heavy (non-hydrogen) atoms. The number of hydrogen-bond acceptors (Lipinski definition) is 2. The van der Waals surface area contributed by atoms with Gasteiger partial charge in [-0.3, -0.25) is 0 Å². The summed E-state index contributed by atoms with van der Waals surface area (Å²) in [6.07, 6.45) is 4.80. The van der Waals surface area contributed by atoms with Gasteiger partial charge in [0, 0.05) is 31.1 Å². The quantitative estimate of drug-likeness (QED) is 0.765. The van der Waals surface area contributed by atoms with E-state index in [9.17, 15) is 0 Å². The maximum absolute atomic E-state index is 2.39. The molecular weight excluding hydrogens is 256 g/mol. The molecule has 0 radical (unpaired) electrons. The van der Waals surface area contributed by atoms with Gasteiger partial charge in [0.25, 0.3) is 0 Å². The predicted octanol–water partition coefficient (Wildman–Crippen LogP) is 4.33. The maximum atomic E-state index is 2.39. The second kappa shape index (κ2) is 4.39. The second-order valence-corrected chi connectivity index (χ2v) is 6.16. The van der Waals surface area contributed by atoms with Gasteiger partial charge in [0.15, 0.2) is 0 Å². The van der Waals surface area contributed by atoms with Crippen LogP contribution in [-0.4, -0.2) is 18.1 Å². The minimum atomic E-state index is 0.437. The number of rotatable bonds is 1. The van der Waals surface area contributed by atoms with E-state index >= 15 is 0 Å². The third kappa shape index (κ3) is 1.72. The van der Waals surface area contributed by atoms with Crippen LogP contribution in [0.25, 0.3) is 11.1 Å². The van der Waals surface area contributed by atoms with Crippen LogP contribution in [0.3, 0.4) is 0 Å². The van der Waals surface area contributed by atoms with Crippen LogP contribution >= 0.6 is 0 Å². The fraction of sp³-hybridized carbons (Fsp3) is 0.263. The zero-order valence-corrected chi connectivity index (χ0v) is 12.7. The van der Waals surface area contributed by atoms with E-state index < -0.39 is 0 Å². The minimum Gasteiger partial charge on any atom is -0.358 e. The van der Waals surface area contributed by atoms with Gasteiger partial charge in [-0.2, -0.15) is 0 Å². The van der Waals surface area contributed by atoms with Crippen LogP contribution < -0.4 is 4.90 Å². The molecule has 0 saturated heterocycles. The van der Waals surface area contributed by atoms with E-state index in [1.54, 1.807) is 0 Å². The molecule has 2 atom stereocenters. The average molecular weight is 276 g/mol. The van der Waals surface area contributed by atoms with Crippen molar-refractivity contribution >= 4 is 5.69 Å². The molecule has 2 aromatic carbocycles. The SMILES string of the molecule is Cc1ccccc1-c1ccc2c(c1)C(C)C1N(C)C=CN21. The molecule has 0 saturated carbocycles. The minimum absolute atomic E-state index is 0.437. The van der Waals surface area contributed by atoms with Gasteiger partial charge in [-0.05, 0) is 41.3 Å². The van der Waals surface area contributed by atoms with Crippen LogP contribution in [0, 0.1) is 6.92 Å². The van der Waals surface area contributed by atoms with Crippen LogP contribution in [0.2, 0.25) is 0 Å². The van der Waals surface area contributed by atoms with E-state index in [0.717, 1.165) is 0 Å². The first-order valence-electron chi connectivity index (χ1n) is 7.55. The van der Waals surface area contributed by atoms with Gasteiger partial charge >= 0.3 is 0 Å². The topological polar surface area (TPSA) is 6.48 Å². The van der Waals surface area contributed by atoms with Crippen molar-refractivity contribution in [2.45, 2.75) is 25.9 Å². The standard InChI is InChI=1S/C19H20N2/c1-13-6-4-5-7-16(13)15-8-9-18-17(12-15)14(2)19-20(3)10-11-21(18)19/h4-12,14,19H,1-3H3. The van der Waals surface area contributed by atoms with E-state index in [4.69, 9.17) is 0 Å². The number of benzene rings is 2. The van der Waals surface area contributed by atoms with Crippen LogP contribution in [-0.2, 0) is 0 Å². The summed E-state index contributed by atoms with van der Waals surface area (Å²) in [6, 6.07) is 15.5. The van der Waals surface area contributed by atoms with Gasteiger partial charge in [-0.1, -0.05) is 37.3 Å². The Kier molecular flexibility index (Phi) is 2.61. The Morgan fingerprint density at radius 2 is 1.81 bits per heavy atom. The molecule has 0 aliphatic carbocycles. The Hall–Kier alpha value is -2.22. The molecule has 0 spiro atoms. The Morgan fingerprint density at radius 1 is 1.00 bits per heavy atom. The Labute approximate surface area is 126 Å². The van der Waals surface area contributed by atoms with Crippen molar-refractivity contribution in [3.63, 3.8) is 0 Å². The van der Waals surface area contributed by atoms with Gasteiger partial charge in [0.05, 0.1) is 0 Å². The molecule has 0 aromatic heterocycles. The van der Waals surface area contributed by atoms with E-state index in [1.807, 2.05) is 0 Å². The molecule has 0 fully saturated rings. The van der Waals surface area contributed by atoms with Crippen molar-refractivity contribution in [3.05, 3.63) is 66.0 Å². The monoisotopic (exact) mass is 276 g/mol. The molecule has 2 aliphatic heterocycles.